The summed E-state index contributed by atoms with van der Waals surface area (Å²) >= 11 is 0. The Morgan fingerprint density at radius 1 is 1.25 bits per heavy atom. The third kappa shape index (κ3) is 3.57. The summed E-state index contributed by atoms with van der Waals surface area (Å²) in [5.41, 5.74) is 6.26. The van der Waals surface area contributed by atoms with Crippen molar-refractivity contribution < 1.29 is 9.59 Å². The van der Waals surface area contributed by atoms with Crippen LogP contribution >= 0.6 is 0 Å². The highest BCUT2D eigenvalue weighted by molar-refractivity contribution is 5.96. The lowest BCUT2D eigenvalue weighted by atomic mass is 10.0. The lowest BCUT2D eigenvalue weighted by molar-refractivity contribution is -0.133. The summed E-state index contributed by atoms with van der Waals surface area (Å²) in [6, 6.07) is 9.01. The first-order valence-electron chi connectivity index (χ1n) is 7.05. The summed E-state index contributed by atoms with van der Waals surface area (Å²) in [6.07, 6.45) is 3.08. The van der Waals surface area contributed by atoms with E-state index in [2.05, 4.69) is 5.32 Å². The predicted octanol–water partition coefficient (Wildman–Crippen LogP) is 0.756. The number of nitrogens with two attached hydrogens (primary N) is 1. The van der Waals surface area contributed by atoms with Crippen LogP contribution in [0.2, 0.25) is 0 Å². The van der Waals surface area contributed by atoms with Crippen molar-refractivity contribution in [2.75, 3.05) is 19.6 Å². The minimum Gasteiger partial charge on any atom is -0.343 e. The number of carbonyl (C=O) groups excluding carboxylic acids is 2. The lowest BCUT2D eigenvalue weighted by Crippen LogP contribution is -2.50. The molecule has 1 aromatic carbocycles. The van der Waals surface area contributed by atoms with Crippen LogP contribution in [0.15, 0.2) is 30.3 Å². The Kier molecular flexibility index (Phi) is 5.12. The van der Waals surface area contributed by atoms with Crippen molar-refractivity contribution in [1.82, 2.24) is 10.2 Å². The second-order valence-corrected chi connectivity index (χ2v) is 5.02. The summed E-state index contributed by atoms with van der Waals surface area (Å²) in [5, 5.41) is 2.67. The quantitative estimate of drug-likeness (QED) is 0.851. The topological polar surface area (TPSA) is 75.4 Å². The molecule has 0 aliphatic carbocycles. The maximum Gasteiger partial charge on any atom is 0.251 e. The van der Waals surface area contributed by atoms with Crippen molar-refractivity contribution >= 4 is 11.8 Å². The Morgan fingerprint density at radius 3 is 2.70 bits per heavy atom. The van der Waals surface area contributed by atoms with E-state index in [1.807, 2.05) is 6.07 Å². The van der Waals surface area contributed by atoms with Gasteiger partial charge in [0.1, 0.15) is 0 Å². The van der Waals surface area contributed by atoms with Gasteiger partial charge in [-0.3, -0.25) is 9.59 Å². The molecule has 2 rings (SSSR count). The first-order valence-corrected chi connectivity index (χ1v) is 7.05. The fourth-order valence-corrected chi connectivity index (χ4v) is 2.52. The third-order valence-electron chi connectivity index (χ3n) is 3.66. The zero-order valence-corrected chi connectivity index (χ0v) is 11.5. The number of amides is 2. The van der Waals surface area contributed by atoms with E-state index in [1.165, 1.54) is 0 Å². The number of likely N-dealkylation sites (tertiary alicyclic amines) is 1. The summed E-state index contributed by atoms with van der Waals surface area (Å²) in [5.74, 6) is -0.273. The van der Waals surface area contributed by atoms with Crippen LogP contribution in [0.4, 0.5) is 0 Å². The van der Waals surface area contributed by atoms with Crippen molar-refractivity contribution in [3.63, 3.8) is 0 Å². The number of nitrogens with zero attached hydrogens (tertiary/aromatic N) is 1. The van der Waals surface area contributed by atoms with Crippen LogP contribution in [-0.4, -0.2) is 42.4 Å². The molecule has 0 saturated carbocycles. The normalized spacial score (nSPS) is 18.6. The predicted molar refractivity (Wildman–Crippen MR) is 77.2 cm³/mol. The molecule has 108 valence electrons. The summed E-state index contributed by atoms with van der Waals surface area (Å²) in [4.78, 5) is 25.8. The molecular weight excluding hydrogens is 254 g/mol. The molecule has 1 saturated heterocycles. The largest absolute Gasteiger partial charge is 0.343 e. The first kappa shape index (κ1) is 14.5. The highest BCUT2D eigenvalue weighted by atomic mass is 16.2. The fourth-order valence-electron chi connectivity index (χ4n) is 2.52. The SMILES string of the molecule is NCC1CCCCN1C(=O)CNC(=O)c1ccccc1. The molecule has 1 atom stereocenters. The van der Waals surface area contributed by atoms with Crippen molar-refractivity contribution in [2.45, 2.75) is 25.3 Å². The maximum absolute atomic E-state index is 12.2. The molecule has 2 amide bonds. The van der Waals surface area contributed by atoms with Gasteiger partial charge in [-0.15, -0.1) is 0 Å². The second kappa shape index (κ2) is 7.05. The van der Waals surface area contributed by atoms with Gasteiger partial charge in [-0.1, -0.05) is 18.2 Å². The van der Waals surface area contributed by atoms with Gasteiger partial charge in [0, 0.05) is 24.7 Å². The fraction of sp³-hybridized carbons (Fsp3) is 0.467. The average Bonchev–Trinajstić information content (AvgIpc) is 2.53. The molecule has 0 bridgehead atoms. The van der Waals surface area contributed by atoms with Gasteiger partial charge in [0.25, 0.3) is 5.91 Å². The van der Waals surface area contributed by atoms with E-state index in [0.29, 0.717) is 12.1 Å². The summed E-state index contributed by atoms with van der Waals surface area (Å²) in [6.45, 7) is 1.25. The smallest absolute Gasteiger partial charge is 0.251 e. The highest BCUT2D eigenvalue weighted by Crippen LogP contribution is 2.15. The number of nitrogens with one attached hydrogen (secondary N) is 1. The Bertz CT molecular complexity index is 461. The van der Waals surface area contributed by atoms with Crippen molar-refractivity contribution in [3.05, 3.63) is 35.9 Å². The second-order valence-electron chi connectivity index (χ2n) is 5.02. The molecule has 1 fully saturated rings. The number of rotatable bonds is 4. The van der Waals surface area contributed by atoms with E-state index >= 15 is 0 Å². The van der Waals surface area contributed by atoms with Crippen LogP contribution in [0.5, 0.6) is 0 Å². The molecule has 20 heavy (non-hydrogen) atoms. The van der Waals surface area contributed by atoms with Gasteiger partial charge in [0.05, 0.1) is 6.54 Å². The van der Waals surface area contributed by atoms with Crippen LogP contribution in [0.1, 0.15) is 29.6 Å². The van der Waals surface area contributed by atoms with Crippen molar-refractivity contribution in [2.24, 2.45) is 5.73 Å². The Labute approximate surface area is 119 Å². The van der Waals surface area contributed by atoms with Crippen LogP contribution in [0.25, 0.3) is 0 Å². The first-order chi connectivity index (χ1) is 9.72. The Hall–Kier alpha value is -1.88. The van der Waals surface area contributed by atoms with E-state index in [0.717, 1.165) is 25.8 Å². The molecule has 0 aromatic heterocycles. The van der Waals surface area contributed by atoms with Gasteiger partial charge in [-0.05, 0) is 31.4 Å². The molecule has 1 aliphatic rings. The lowest BCUT2D eigenvalue weighted by Gasteiger charge is -2.35. The maximum atomic E-state index is 12.2. The van der Waals surface area contributed by atoms with Gasteiger partial charge in [0.2, 0.25) is 5.91 Å². The zero-order valence-electron chi connectivity index (χ0n) is 11.5. The van der Waals surface area contributed by atoms with Crippen LogP contribution in [0.3, 0.4) is 0 Å². The molecule has 0 radical (unpaired) electrons. The van der Waals surface area contributed by atoms with E-state index < -0.39 is 0 Å². The van der Waals surface area contributed by atoms with Gasteiger partial charge in [-0.2, -0.15) is 0 Å². The summed E-state index contributed by atoms with van der Waals surface area (Å²) in [7, 11) is 0. The van der Waals surface area contributed by atoms with E-state index in [1.54, 1.807) is 29.2 Å². The molecule has 3 N–H and O–H groups in total. The monoisotopic (exact) mass is 275 g/mol. The average molecular weight is 275 g/mol. The minimum atomic E-state index is -0.222. The molecule has 5 heteroatoms. The standard InChI is InChI=1S/C15H21N3O2/c16-10-13-8-4-5-9-18(13)14(19)11-17-15(20)12-6-2-1-3-7-12/h1-3,6-7,13H,4-5,8-11,16H2,(H,17,20). The van der Waals surface area contributed by atoms with E-state index in [4.69, 9.17) is 5.73 Å². The van der Waals surface area contributed by atoms with Gasteiger partial charge < -0.3 is 16.0 Å². The van der Waals surface area contributed by atoms with Crippen molar-refractivity contribution in [3.8, 4) is 0 Å². The van der Waals surface area contributed by atoms with Crippen LogP contribution in [0, 0.1) is 0 Å². The number of hydrogen-bond donors (Lipinski definition) is 2. The minimum absolute atomic E-state index is 0.0320. The molecule has 1 aliphatic heterocycles. The van der Waals surface area contributed by atoms with Gasteiger partial charge in [0.15, 0.2) is 0 Å². The highest BCUT2D eigenvalue weighted by Gasteiger charge is 2.25. The van der Waals surface area contributed by atoms with E-state index in [-0.39, 0.29) is 24.4 Å². The summed E-state index contributed by atoms with van der Waals surface area (Å²) < 4.78 is 0. The molecule has 5 nitrogen and oxygen atoms in total. The number of benzene rings is 1. The molecule has 1 heterocycles. The van der Waals surface area contributed by atoms with Crippen LogP contribution in [-0.2, 0) is 4.79 Å². The number of hydrogen-bond acceptors (Lipinski definition) is 3. The molecule has 0 spiro atoms. The number of carbonyl (C=O) groups is 2. The van der Waals surface area contributed by atoms with Crippen LogP contribution < -0.4 is 11.1 Å². The van der Waals surface area contributed by atoms with Crippen molar-refractivity contribution in [1.29, 1.82) is 0 Å². The Morgan fingerprint density at radius 2 is 2.00 bits per heavy atom. The Balaban J connectivity index is 1.87. The molecular formula is C15H21N3O2. The molecule has 1 unspecified atom stereocenters. The van der Waals surface area contributed by atoms with Gasteiger partial charge >= 0.3 is 0 Å². The third-order valence-corrected chi connectivity index (χ3v) is 3.66. The number of piperidine rings is 1. The molecule has 1 aromatic rings. The zero-order chi connectivity index (χ0) is 14.4. The van der Waals surface area contributed by atoms with Gasteiger partial charge in [-0.25, -0.2) is 0 Å². The van der Waals surface area contributed by atoms with E-state index in [9.17, 15) is 9.59 Å².